The van der Waals surface area contributed by atoms with Crippen molar-refractivity contribution in [3.8, 4) is 0 Å². The molecule has 1 aromatic carbocycles. The number of hydrogen-bond donors (Lipinski definition) is 1. The van der Waals surface area contributed by atoms with Crippen molar-refractivity contribution < 1.29 is 9.53 Å². The van der Waals surface area contributed by atoms with E-state index >= 15 is 0 Å². The third-order valence-electron chi connectivity index (χ3n) is 3.27. The predicted molar refractivity (Wildman–Crippen MR) is 66.8 cm³/mol. The van der Waals surface area contributed by atoms with E-state index in [0.29, 0.717) is 6.04 Å². The summed E-state index contributed by atoms with van der Waals surface area (Å²) in [5.74, 6) is -0.0440. The minimum Gasteiger partial charge on any atom is -0.468 e. The number of hydrogen-bond acceptors (Lipinski definition) is 3. The average Bonchev–Trinajstić information content (AvgIpc) is 3.19. The quantitative estimate of drug-likeness (QED) is 0.791. The van der Waals surface area contributed by atoms with Gasteiger partial charge in [-0.15, -0.1) is 0 Å². The second kappa shape index (κ2) is 5.32. The van der Waals surface area contributed by atoms with Crippen molar-refractivity contribution in [3.63, 3.8) is 0 Å². The molecule has 0 radical (unpaired) electrons. The van der Waals surface area contributed by atoms with Gasteiger partial charge in [0.05, 0.1) is 7.11 Å². The summed E-state index contributed by atoms with van der Waals surface area (Å²) in [6.45, 7) is 2.06. The molecule has 1 aliphatic carbocycles. The standard InChI is InChI=1S/C14H19NO2/c1-10(11-6-4-3-5-7-11)13(14(16)17-2)15-12-8-9-12/h3-7,10,12-13,15H,8-9H2,1-2H3. The van der Waals surface area contributed by atoms with E-state index in [4.69, 9.17) is 4.74 Å². The van der Waals surface area contributed by atoms with Crippen LogP contribution in [-0.2, 0) is 9.53 Å². The lowest BCUT2D eigenvalue weighted by Gasteiger charge is -2.23. The number of ether oxygens (including phenoxy) is 1. The SMILES string of the molecule is COC(=O)C(NC1CC1)C(C)c1ccccc1. The molecule has 0 saturated heterocycles. The van der Waals surface area contributed by atoms with Crippen molar-refractivity contribution >= 4 is 5.97 Å². The predicted octanol–water partition coefficient (Wildman–Crippen LogP) is 2.08. The largest absolute Gasteiger partial charge is 0.468 e. The molecular weight excluding hydrogens is 214 g/mol. The van der Waals surface area contributed by atoms with Gasteiger partial charge in [-0.25, -0.2) is 0 Å². The Hall–Kier alpha value is -1.35. The molecule has 2 unspecified atom stereocenters. The van der Waals surface area contributed by atoms with Crippen LogP contribution in [0.25, 0.3) is 0 Å². The van der Waals surface area contributed by atoms with Gasteiger partial charge in [0.2, 0.25) is 0 Å². The van der Waals surface area contributed by atoms with Crippen LogP contribution < -0.4 is 5.32 Å². The van der Waals surface area contributed by atoms with Crippen LogP contribution in [0.5, 0.6) is 0 Å². The minimum atomic E-state index is -0.241. The van der Waals surface area contributed by atoms with Crippen LogP contribution >= 0.6 is 0 Å². The van der Waals surface area contributed by atoms with Gasteiger partial charge in [-0.1, -0.05) is 37.3 Å². The summed E-state index contributed by atoms with van der Waals surface area (Å²) in [6.07, 6.45) is 2.32. The molecule has 17 heavy (non-hydrogen) atoms. The molecule has 0 amide bonds. The van der Waals surface area contributed by atoms with Crippen molar-refractivity contribution in [2.75, 3.05) is 7.11 Å². The lowest BCUT2D eigenvalue weighted by molar-refractivity contribution is -0.143. The lowest BCUT2D eigenvalue weighted by atomic mass is 9.93. The van der Waals surface area contributed by atoms with E-state index in [1.54, 1.807) is 0 Å². The van der Waals surface area contributed by atoms with Crippen molar-refractivity contribution in [2.24, 2.45) is 0 Å². The first-order valence-electron chi connectivity index (χ1n) is 6.11. The Bertz CT molecular complexity index is 373. The molecule has 1 aliphatic rings. The Morgan fingerprint density at radius 3 is 2.53 bits per heavy atom. The van der Waals surface area contributed by atoms with Crippen molar-refractivity contribution in [1.29, 1.82) is 0 Å². The second-order valence-electron chi connectivity index (χ2n) is 4.64. The maximum absolute atomic E-state index is 11.8. The molecule has 3 nitrogen and oxygen atoms in total. The Labute approximate surface area is 102 Å². The van der Waals surface area contributed by atoms with Crippen LogP contribution in [0.4, 0.5) is 0 Å². The number of rotatable bonds is 5. The van der Waals surface area contributed by atoms with Gasteiger partial charge in [-0.3, -0.25) is 4.79 Å². The zero-order valence-electron chi connectivity index (χ0n) is 10.3. The van der Waals surface area contributed by atoms with E-state index in [-0.39, 0.29) is 17.9 Å². The van der Waals surface area contributed by atoms with E-state index in [9.17, 15) is 4.79 Å². The first kappa shape index (κ1) is 12.1. The normalized spacial score (nSPS) is 18.5. The van der Waals surface area contributed by atoms with Gasteiger partial charge in [0, 0.05) is 12.0 Å². The first-order valence-corrected chi connectivity index (χ1v) is 6.11. The Morgan fingerprint density at radius 2 is 2.00 bits per heavy atom. The topological polar surface area (TPSA) is 38.3 Å². The van der Waals surface area contributed by atoms with E-state index in [1.807, 2.05) is 18.2 Å². The fraction of sp³-hybridized carbons (Fsp3) is 0.500. The number of carbonyl (C=O) groups excluding carboxylic acids is 1. The number of benzene rings is 1. The van der Waals surface area contributed by atoms with E-state index < -0.39 is 0 Å². The first-order chi connectivity index (χ1) is 8.22. The molecule has 0 aromatic heterocycles. The summed E-state index contributed by atoms with van der Waals surface area (Å²) in [7, 11) is 1.45. The lowest BCUT2D eigenvalue weighted by Crippen LogP contribution is -2.42. The molecule has 1 saturated carbocycles. The summed E-state index contributed by atoms with van der Waals surface area (Å²) >= 11 is 0. The smallest absolute Gasteiger partial charge is 0.323 e. The molecule has 1 aromatic rings. The molecule has 1 fully saturated rings. The molecule has 0 heterocycles. The van der Waals surface area contributed by atoms with Gasteiger partial charge in [0.15, 0.2) is 0 Å². The van der Waals surface area contributed by atoms with Crippen LogP contribution in [0.15, 0.2) is 30.3 Å². The summed E-state index contributed by atoms with van der Waals surface area (Å²) in [5, 5.41) is 3.37. The van der Waals surface area contributed by atoms with Crippen LogP contribution in [0.3, 0.4) is 0 Å². The maximum Gasteiger partial charge on any atom is 0.323 e. The molecule has 2 atom stereocenters. The van der Waals surface area contributed by atoms with Gasteiger partial charge in [-0.05, 0) is 18.4 Å². The van der Waals surface area contributed by atoms with E-state index in [2.05, 4.69) is 24.4 Å². The highest BCUT2D eigenvalue weighted by atomic mass is 16.5. The van der Waals surface area contributed by atoms with Gasteiger partial charge in [0.25, 0.3) is 0 Å². The molecule has 0 aliphatic heterocycles. The zero-order chi connectivity index (χ0) is 12.3. The highest BCUT2D eigenvalue weighted by molar-refractivity contribution is 5.77. The molecule has 3 heteroatoms. The number of carbonyl (C=O) groups is 1. The van der Waals surface area contributed by atoms with Gasteiger partial charge < -0.3 is 10.1 Å². The Kier molecular flexibility index (Phi) is 3.79. The fourth-order valence-electron chi connectivity index (χ4n) is 2.00. The third-order valence-corrected chi connectivity index (χ3v) is 3.27. The fourth-order valence-corrected chi connectivity index (χ4v) is 2.00. The summed E-state index contributed by atoms with van der Waals surface area (Å²) in [5.41, 5.74) is 1.16. The molecular formula is C14H19NO2. The maximum atomic E-state index is 11.8. The van der Waals surface area contributed by atoms with Crippen LogP contribution in [0, 0.1) is 0 Å². The van der Waals surface area contributed by atoms with Crippen LogP contribution in [0.1, 0.15) is 31.2 Å². The number of methoxy groups -OCH3 is 1. The second-order valence-corrected chi connectivity index (χ2v) is 4.64. The van der Waals surface area contributed by atoms with Gasteiger partial charge in [-0.2, -0.15) is 0 Å². The average molecular weight is 233 g/mol. The monoisotopic (exact) mass is 233 g/mol. The summed E-state index contributed by atoms with van der Waals surface area (Å²) in [6, 6.07) is 10.3. The molecule has 0 spiro atoms. The van der Waals surface area contributed by atoms with Crippen molar-refractivity contribution in [1.82, 2.24) is 5.32 Å². The van der Waals surface area contributed by atoms with Crippen LogP contribution in [0.2, 0.25) is 0 Å². The highest BCUT2D eigenvalue weighted by Crippen LogP contribution is 2.25. The van der Waals surface area contributed by atoms with Gasteiger partial charge in [0.1, 0.15) is 6.04 Å². The molecule has 1 N–H and O–H groups in total. The number of nitrogens with one attached hydrogen (secondary N) is 1. The van der Waals surface area contributed by atoms with Crippen molar-refractivity contribution in [2.45, 2.75) is 37.8 Å². The summed E-state index contributed by atoms with van der Waals surface area (Å²) < 4.78 is 4.88. The van der Waals surface area contributed by atoms with E-state index in [1.165, 1.54) is 7.11 Å². The Balaban J connectivity index is 2.11. The van der Waals surface area contributed by atoms with Crippen molar-refractivity contribution in [3.05, 3.63) is 35.9 Å². The third kappa shape index (κ3) is 3.07. The zero-order valence-corrected chi connectivity index (χ0v) is 10.3. The van der Waals surface area contributed by atoms with Crippen LogP contribution in [-0.4, -0.2) is 25.2 Å². The van der Waals surface area contributed by atoms with Gasteiger partial charge >= 0.3 is 5.97 Å². The number of esters is 1. The van der Waals surface area contributed by atoms with E-state index in [0.717, 1.165) is 18.4 Å². The molecule has 0 bridgehead atoms. The highest BCUT2D eigenvalue weighted by Gasteiger charge is 2.33. The molecule has 2 rings (SSSR count). The Morgan fingerprint density at radius 1 is 1.35 bits per heavy atom. The summed E-state index contributed by atoms with van der Waals surface area (Å²) in [4.78, 5) is 11.8. The minimum absolute atomic E-state index is 0.129. The molecule has 92 valence electrons.